The van der Waals surface area contributed by atoms with Crippen molar-refractivity contribution in [2.24, 2.45) is 11.8 Å². The van der Waals surface area contributed by atoms with E-state index in [9.17, 15) is 33.9 Å². The molecule has 0 aromatic heterocycles. The van der Waals surface area contributed by atoms with E-state index in [0.717, 1.165) is 22.3 Å². The van der Waals surface area contributed by atoms with Gasteiger partial charge in [0, 0.05) is 24.9 Å². The fourth-order valence-electron chi connectivity index (χ4n) is 6.71. The van der Waals surface area contributed by atoms with Crippen LogP contribution in [0.1, 0.15) is 62.8 Å². The molecule has 4 aromatic rings. The molecule has 7 N–H and O–H groups in total. The van der Waals surface area contributed by atoms with E-state index in [0.29, 0.717) is 5.69 Å². The number of amides is 6. The number of urea groups is 1. The van der Waals surface area contributed by atoms with Crippen molar-refractivity contribution in [1.29, 1.82) is 0 Å². The maximum atomic E-state index is 14.2. The maximum absolute atomic E-state index is 14.2. The summed E-state index contributed by atoms with van der Waals surface area (Å²) in [5, 5.41) is 26.6. The van der Waals surface area contributed by atoms with Gasteiger partial charge in [0.2, 0.25) is 23.6 Å². The Hall–Kier alpha value is -6.50. The Morgan fingerprint density at radius 2 is 0.833 bits per heavy atom. The molecule has 13 nitrogen and oxygen atoms in total. The average Bonchev–Trinajstić information content (AvgIpc) is 3.20. The van der Waals surface area contributed by atoms with Gasteiger partial charge in [-0.1, -0.05) is 131 Å². The first-order chi connectivity index (χ1) is 28.7. The molecule has 0 saturated heterocycles. The van der Waals surface area contributed by atoms with Gasteiger partial charge in [-0.2, -0.15) is 0 Å². The number of nitrogens with one attached hydrogen (secondary N) is 6. The van der Waals surface area contributed by atoms with Gasteiger partial charge in [0.15, 0.2) is 0 Å². The first-order valence-corrected chi connectivity index (χ1v) is 20.4. The van der Waals surface area contributed by atoms with E-state index in [2.05, 4.69) is 31.9 Å². The second kappa shape index (κ2) is 23.2. The highest BCUT2D eigenvalue weighted by Crippen LogP contribution is 2.14. The van der Waals surface area contributed by atoms with E-state index in [1.54, 1.807) is 66.7 Å². The second-order valence-electron chi connectivity index (χ2n) is 15.9. The van der Waals surface area contributed by atoms with E-state index in [1.807, 2.05) is 83.1 Å². The molecule has 6 amide bonds. The zero-order valence-corrected chi connectivity index (χ0v) is 34.9. The van der Waals surface area contributed by atoms with Crippen molar-refractivity contribution in [3.05, 3.63) is 138 Å². The zero-order valence-electron chi connectivity index (χ0n) is 34.9. The van der Waals surface area contributed by atoms with Crippen molar-refractivity contribution in [2.75, 3.05) is 5.32 Å². The van der Waals surface area contributed by atoms with Crippen LogP contribution in [-0.4, -0.2) is 70.9 Å². The summed E-state index contributed by atoms with van der Waals surface area (Å²) in [6.07, 6.45) is 0.636. The first-order valence-electron chi connectivity index (χ1n) is 20.4. The van der Waals surface area contributed by atoms with Crippen molar-refractivity contribution in [3.8, 4) is 0 Å². The highest BCUT2D eigenvalue weighted by Gasteiger charge is 2.33. The van der Waals surface area contributed by atoms with E-state index < -0.39 is 65.8 Å². The highest BCUT2D eigenvalue weighted by atomic mass is 16.4. The summed E-state index contributed by atoms with van der Waals surface area (Å²) in [5.74, 6) is -3.91. The SMILES string of the molecule is Cc1cccc(NC(=O)N[C@@H](Cc2ccccc2)C(=O)N[C@H](CC(C)C)C(=O)N[C@@H](Cc2ccccc2)C(=O)N[C@H](CC(C)C)C(=O)N[C@@H](Cc2ccccc2)C(=O)O)c1. The second-order valence-corrected chi connectivity index (χ2v) is 15.9. The molecule has 0 aliphatic carbocycles. The van der Waals surface area contributed by atoms with Gasteiger partial charge in [-0.05, 0) is 66.0 Å². The van der Waals surface area contributed by atoms with Gasteiger partial charge in [0.05, 0.1) is 0 Å². The molecule has 4 rings (SSSR count). The van der Waals surface area contributed by atoms with Crippen LogP contribution in [0.3, 0.4) is 0 Å². The summed E-state index contributed by atoms with van der Waals surface area (Å²) in [6, 6.07) is 28.0. The van der Waals surface area contributed by atoms with Crippen LogP contribution in [-0.2, 0) is 43.2 Å². The zero-order chi connectivity index (χ0) is 43.6. The van der Waals surface area contributed by atoms with E-state index in [-0.39, 0.29) is 43.9 Å². The largest absolute Gasteiger partial charge is 0.480 e. The van der Waals surface area contributed by atoms with Gasteiger partial charge in [0.1, 0.15) is 30.2 Å². The summed E-state index contributed by atoms with van der Waals surface area (Å²) in [5.41, 5.74) is 3.72. The van der Waals surface area contributed by atoms with Gasteiger partial charge in [-0.15, -0.1) is 0 Å². The van der Waals surface area contributed by atoms with Crippen molar-refractivity contribution < 1.29 is 33.9 Å². The third-order valence-electron chi connectivity index (χ3n) is 9.67. The lowest BCUT2D eigenvalue weighted by atomic mass is 9.98. The predicted molar refractivity (Wildman–Crippen MR) is 232 cm³/mol. The molecule has 0 aliphatic heterocycles. The lowest BCUT2D eigenvalue weighted by Crippen LogP contribution is -2.60. The molecule has 0 radical (unpaired) electrons. The van der Waals surface area contributed by atoms with Crippen LogP contribution in [0.4, 0.5) is 10.5 Å². The van der Waals surface area contributed by atoms with Crippen LogP contribution < -0.4 is 31.9 Å². The summed E-state index contributed by atoms with van der Waals surface area (Å²) in [7, 11) is 0. The van der Waals surface area contributed by atoms with Crippen LogP contribution in [0.15, 0.2) is 115 Å². The number of carbonyl (C=O) groups is 6. The number of carboxylic acids is 1. The lowest BCUT2D eigenvalue weighted by molar-refractivity contribution is -0.142. The van der Waals surface area contributed by atoms with Crippen molar-refractivity contribution in [1.82, 2.24) is 26.6 Å². The number of hydrogen-bond acceptors (Lipinski definition) is 6. The highest BCUT2D eigenvalue weighted by molar-refractivity contribution is 5.97. The predicted octanol–water partition coefficient (Wildman–Crippen LogP) is 5.33. The normalized spacial score (nSPS) is 13.5. The molecule has 60 heavy (non-hydrogen) atoms. The van der Waals surface area contributed by atoms with Crippen LogP contribution in [0, 0.1) is 18.8 Å². The van der Waals surface area contributed by atoms with E-state index in [4.69, 9.17) is 0 Å². The minimum absolute atomic E-state index is 0.0407. The number of hydrogen-bond donors (Lipinski definition) is 7. The molecule has 0 spiro atoms. The van der Waals surface area contributed by atoms with Crippen molar-refractivity contribution >= 4 is 41.3 Å². The third kappa shape index (κ3) is 15.7. The van der Waals surface area contributed by atoms with E-state index >= 15 is 0 Å². The molecule has 0 fully saturated rings. The third-order valence-corrected chi connectivity index (χ3v) is 9.67. The number of carboxylic acid groups (broad SMARTS) is 1. The number of rotatable bonds is 21. The van der Waals surface area contributed by atoms with Crippen LogP contribution in [0.2, 0.25) is 0 Å². The van der Waals surface area contributed by atoms with E-state index in [1.165, 1.54) is 0 Å². The smallest absolute Gasteiger partial charge is 0.326 e. The number of aryl methyl sites for hydroxylation is 1. The summed E-state index contributed by atoms with van der Waals surface area (Å²) in [4.78, 5) is 81.6. The standard InChI is InChI=1S/C47H58N6O7/c1-30(2)24-37(50-45(57)40(28-34-19-11-7-12-20-34)53-47(60)48-36-23-15-16-32(5)26-36)42(54)51-39(27-33-17-9-6-10-18-33)44(56)49-38(25-31(3)4)43(55)52-41(46(58)59)29-35-21-13-8-14-22-35/h6-23,26,30-31,37-41H,24-25,27-29H2,1-5H3,(H,49,56)(H,50,57)(H,51,54)(H,52,55)(H,58,59)(H2,48,53,60)/t37-,38-,39+,40+,41+/m1/s1. The fraction of sp³-hybridized carbons (Fsp3) is 0.362. The minimum Gasteiger partial charge on any atom is -0.480 e. The molecule has 318 valence electrons. The molecule has 0 unspecified atom stereocenters. The molecule has 0 saturated carbocycles. The Bertz CT molecular complexity index is 2030. The Labute approximate surface area is 352 Å². The molecular weight excluding hydrogens is 761 g/mol. The molecule has 4 aromatic carbocycles. The van der Waals surface area contributed by atoms with Gasteiger partial charge < -0.3 is 37.0 Å². The van der Waals surface area contributed by atoms with Gasteiger partial charge >= 0.3 is 12.0 Å². The molecular formula is C47H58N6O7. The lowest BCUT2D eigenvalue weighted by Gasteiger charge is -2.28. The summed E-state index contributed by atoms with van der Waals surface area (Å²) >= 11 is 0. The molecule has 0 aliphatic rings. The summed E-state index contributed by atoms with van der Waals surface area (Å²) < 4.78 is 0. The topological polar surface area (TPSA) is 195 Å². The number of carbonyl (C=O) groups excluding carboxylic acids is 5. The Morgan fingerprint density at radius 3 is 1.23 bits per heavy atom. The average molecular weight is 819 g/mol. The van der Waals surface area contributed by atoms with Gasteiger partial charge in [0.25, 0.3) is 0 Å². The van der Waals surface area contributed by atoms with Gasteiger partial charge in [-0.3, -0.25) is 19.2 Å². The monoisotopic (exact) mass is 818 g/mol. The molecule has 5 atom stereocenters. The minimum atomic E-state index is -1.25. The molecule has 0 heterocycles. The summed E-state index contributed by atoms with van der Waals surface area (Å²) in [6.45, 7) is 9.44. The maximum Gasteiger partial charge on any atom is 0.326 e. The number of benzene rings is 4. The molecule has 0 bridgehead atoms. The van der Waals surface area contributed by atoms with Crippen LogP contribution in [0.25, 0.3) is 0 Å². The first kappa shape index (κ1) is 46.2. The fourth-order valence-corrected chi connectivity index (χ4v) is 6.71. The number of anilines is 1. The van der Waals surface area contributed by atoms with Crippen LogP contribution >= 0.6 is 0 Å². The van der Waals surface area contributed by atoms with Crippen molar-refractivity contribution in [3.63, 3.8) is 0 Å². The van der Waals surface area contributed by atoms with Crippen molar-refractivity contribution in [2.45, 2.75) is 96.9 Å². The van der Waals surface area contributed by atoms with Gasteiger partial charge in [-0.25, -0.2) is 9.59 Å². The van der Waals surface area contributed by atoms with Crippen LogP contribution in [0.5, 0.6) is 0 Å². The Morgan fingerprint density at radius 1 is 0.467 bits per heavy atom. The molecule has 13 heteroatoms. The Kier molecular flexibility index (Phi) is 17.8. The quantitative estimate of drug-likeness (QED) is 0.0591. The number of aliphatic carboxylic acids is 1. The Balaban J connectivity index is 1.55.